The molecule has 5 heteroatoms. The Morgan fingerprint density at radius 1 is 1.14 bits per heavy atom. The number of carbonyl (C=O) groups is 1. The average Bonchev–Trinajstić information content (AvgIpc) is 2.53. The Hall–Kier alpha value is -2.69. The summed E-state index contributed by atoms with van der Waals surface area (Å²) in [7, 11) is 3.12. The minimum Gasteiger partial charge on any atom is -0.507 e. The van der Waals surface area contributed by atoms with Crippen LogP contribution in [0, 0.1) is 0 Å². The fourth-order valence-corrected chi connectivity index (χ4v) is 2.60. The zero-order chi connectivity index (χ0) is 15.7. The molecule has 22 heavy (non-hydrogen) atoms. The van der Waals surface area contributed by atoms with E-state index in [4.69, 9.17) is 14.2 Å². The molecule has 1 N–H and O–H groups in total. The summed E-state index contributed by atoms with van der Waals surface area (Å²) < 4.78 is 16.3. The molecule has 1 unspecified atom stereocenters. The summed E-state index contributed by atoms with van der Waals surface area (Å²) in [6, 6.07) is 10.2. The van der Waals surface area contributed by atoms with Gasteiger partial charge in [0.1, 0.15) is 23.2 Å². The standard InChI is InChI=1S/C17H16O5/c1-20-13-7-6-10(8-16(13)21-2)15-9-12(19)17-11(18)4-3-5-14(17)22-15/h3-8,15,18H,9H2,1-2H3. The molecule has 0 aliphatic carbocycles. The molecule has 0 aromatic heterocycles. The van der Waals surface area contributed by atoms with Gasteiger partial charge in [-0.3, -0.25) is 4.79 Å². The fraction of sp³-hybridized carbons (Fsp3) is 0.235. The van der Waals surface area contributed by atoms with Crippen LogP contribution in [0.15, 0.2) is 36.4 Å². The van der Waals surface area contributed by atoms with E-state index in [0.717, 1.165) is 5.56 Å². The van der Waals surface area contributed by atoms with Crippen molar-refractivity contribution in [3.63, 3.8) is 0 Å². The number of aromatic hydroxyl groups is 1. The van der Waals surface area contributed by atoms with E-state index in [1.54, 1.807) is 38.5 Å². The normalized spacial score (nSPS) is 16.6. The number of hydrogen-bond acceptors (Lipinski definition) is 5. The Morgan fingerprint density at radius 2 is 1.91 bits per heavy atom. The number of hydrogen-bond donors (Lipinski definition) is 1. The molecule has 0 spiro atoms. The van der Waals surface area contributed by atoms with Gasteiger partial charge in [-0.15, -0.1) is 0 Å². The molecular weight excluding hydrogens is 284 g/mol. The molecule has 2 aromatic rings. The van der Waals surface area contributed by atoms with Gasteiger partial charge in [-0.2, -0.15) is 0 Å². The van der Waals surface area contributed by atoms with Crippen LogP contribution in [0.2, 0.25) is 0 Å². The summed E-state index contributed by atoms with van der Waals surface area (Å²) in [6.45, 7) is 0. The summed E-state index contributed by atoms with van der Waals surface area (Å²) >= 11 is 0. The van der Waals surface area contributed by atoms with Gasteiger partial charge in [0.05, 0.1) is 20.6 Å². The molecule has 1 atom stereocenters. The van der Waals surface area contributed by atoms with Gasteiger partial charge in [-0.05, 0) is 29.8 Å². The van der Waals surface area contributed by atoms with Crippen molar-refractivity contribution in [3.8, 4) is 23.0 Å². The van der Waals surface area contributed by atoms with Crippen LogP contribution in [0.25, 0.3) is 0 Å². The average molecular weight is 300 g/mol. The lowest BCUT2D eigenvalue weighted by atomic mass is 9.95. The molecule has 1 heterocycles. The van der Waals surface area contributed by atoms with Crippen molar-refractivity contribution in [2.24, 2.45) is 0 Å². The second-order valence-electron chi connectivity index (χ2n) is 5.00. The molecule has 0 amide bonds. The summed E-state index contributed by atoms with van der Waals surface area (Å²) in [4.78, 5) is 12.3. The van der Waals surface area contributed by atoms with Crippen LogP contribution >= 0.6 is 0 Å². The molecule has 2 aromatic carbocycles. The molecule has 3 rings (SSSR count). The van der Waals surface area contributed by atoms with Gasteiger partial charge in [-0.1, -0.05) is 12.1 Å². The maximum Gasteiger partial charge on any atom is 0.174 e. The van der Waals surface area contributed by atoms with Crippen LogP contribution < -0.4 is 14.2 Å². The third kappa shape index (κ3) is 2.35. The highest BCUT2D eigenvalue weighted by atomic mass is 16.5. The zero-order valence-electron chi connectivity index (χ0n) is 12.3. The van der Waals surface area contributed by atoms with Crippen molar-refractivity contribution in [3.05, 3.63) is 47.5 Å². The smallest absolute Gasteiger partial charge is 0.174 e. The lowest BCUT2D eigenvalue weighted by Crippen LogP contribution is -2.20. The molecule has 5 nitrogen and oxygen atoms in total. The van der Waals surface area contributed by atoms with Crippen LogP contribution in [-0.4, -0.2) is 25.1 Å². The van der Waals surface area contributed by atoms with E-state index in [1.165, 1.54) is 6.07 Å². The van der Waals surface area contributed by atoms with Crippen molar-refractivity contribution in [1.29, 1.82) is 0 Å². The highest BCUT2D eigenvalue weighted by molar-refractivity contribution is 6.02. The SMILES string of the molecule is COc1ccc(C2CC(=O)c3c(O)cccc3O2)cc1OC. The van der Waals surface area contributed by atoms with Crippen LogP contribution in [-0.2, 0) is 0 Å². The molecular formula is C17H16O5. The van der Waals surface area contributed by atoms with Crippen LogP contribution in [0.1, 0.15) is 28.4 Å². The molecule has 1 aliphatic heterocycles. The first kappa shape index (κ1) is 14.3. The van der Waals surface area contributed by atoms with Gasteiger partial charge in [0.2, 0.25) is 0 Å². The Labute approximate surface area is 128 Å². The molecule has 1 aliphatic rings. The van der Waals surface area contributed by atoms with Crippen molar-refractivity contribution < 1.29 is 24.1 Å². The first-order chi connectivity index (χ1) is 10.6. The van der Waals surface area contributed by atoms with E-state index < -0.39 is 6.10 Å². The van der Waals surface area contributed by atoms with E-state index in [9.17, 15) is 9.90 Å². The van der Waals surface area contributed by atoms with Gasteiger partial charge in [-0.25, -0.2) is 0 Å². The Morgan fingerprint density at radius 3 is 2.64 bits per heavy atom. The highest BCUT2D eigenvalue weighted by Crippen LogP contribution is 2.40. The maximum absolute atomic E-state index is 12.3. The second-order valence-corrected chi connectivity index (χ2v) is 5.00. The maximum atomic E-state index is 12.3. The number of phenolic OH excluding ortho intramolecular Hbond substituents is 1. The summed E-state index contributed by atoms with van der Waals surface area (Å²) in [5.41, 5.74) is 1.07. The topological polar surface area (TPSA) is 65.0 Å². The number of ketones is 1. The minimum absolute atomic E-state index is 0.0479. The van der Waals surface area contributed by atoms with Gasteiger partial charge in [0, 0.05) is 0 Å². The van der Waals surface area contributed by atoms with Crippen molar-refractivity contribution in [2.45, 2.75) is 12.5 Å². The molecule has 0 radical (unpaired) electrons. The first-order valence-corrected chi connectivity index (χ1v) is 6.87. The summed E-state index contributed by atoms with van der Waals surface area (Å²) in [5.74, 6) is 1.41. The minimum atomic E-state index is -0.415. The van der Waals surface area contributed by atoms with E-state index >= 15 is 0 Å². The zero-order valence-corrected chi connectivity index (χ0v) is 12.3. The fourth-order valence-electron chi connectivity index (χ4n) is 2.60. The van der Waals surface area contributed by atoms with E-state index in [1.807, 2.05) is 6.07 Å². The van der Waals surface area contributed by atoms with E-state index in [-0.39, 0.29) is 23.5 Å². The number of fused-ring (bicyclic) bond motifs is 1. The highest BCUT2D eigenvalue weighted by Gasteiger charge is 2.30. The van der Waals surface area contributed by atoms with Crippen molar-refractivity contribution in [1.82, 2.24) is 0 Å². The van der Waals surface area contributed by atoms with Crippen LogP contribution in [0.4, 0.5) is 0 Å². The largest absolute Gasteiger partial charge is 0.507 e. The number of benzene rings is 2. The van der Waals surface area contributed by atoms with Crippen LogP contribution in [0.3, 0.4) is 0 Å². The Bertz CT molecular complexity index is 723. The van der Waals surface area contributed by atoms with E-state index in [2.05, 4.69) is 0 Å². The third-order valence-corrected chi connectivity index (χ3v) is 3.70. The number of rotatable bonds is 3. The van der Waals surface area contributed by atoms with Gasteiger partial charge in [0.25, 0.3) is 0 Å². The number of carbonyl (C=O) groups excluding carboxylic acids is 1. The summed E-state index contributed by atoms with van der Waals surface area (Å²) in [6.07, 6.45) is -0.248. The third-order valence-electron chi connectivity index (χ3n) is 3.70. The molecule has 0 bridgehead atoms. The number of phenols is 1. The number of Topliss-reactive ketones (excluding diaryl/α,β-unsaturated/α-hetero) is 1. The Kier molecular flexibility index (Phi) is 3.63. The quantitative estimate of drug-likeness (QED) is 0.943. The Balaban J connectivity index is 1.96. The van der Waals surface area contributed by atoms with Gasteiger partial charge < -0.3 is 19.3 Å². The predicted molar refractivity (Wildman–Crippen MR) is 80.0 cm³/mol. The van der Waals surface area contributed by atoms with Crippen molar-refractivity contribution >= 4 is 5.78 Å². The molecule has 114 valence electrons. The lowest BCUT2D eigenvalue weighted by Gasteiger charge is -2.26. The van der Waals surface area contributed by atoms with E-state index in [0.29, 0.717) is 17.2 Å². The second kappa shape index (κ2) is 5.60. The lowest BCUT2D eigenvalue weighted by molar-refractivity contribution is 0.0845. The van der Waals surface area contributed by atoms with Crippen LogP contribution in [0.5, 0.6) is 23.0 Å². The van der Waals surface area contributed by atoms with Gasteiger partial charge in [0.15, 0.2) is 17.3 Å². The number of methoxy groups -OCH3 is 2. The molecule has 0 saturated heterocycles. The van der Waals surface area contributed by atoms with Crippen molar-refractivity contribution in [2.75, 3.05) is 14.2 Å². The van der Waals surface area contributed by atoms with Gasteiger partial charge >= 0.3 is 0 Å². The first-order valence-electron chi connectivity index (χ1n) is 6.87. The summed E-state index contributed by atoms with van der Waals surface area (Å²) in [5, 5.41) is 9.80. The molecule has 0 saturated carbocycles. The number of ether oxygens (including phenoxy) is 3. The molecule has 0 fully saturated rings. The monoisotopic (exact) mass is 300 g/mol. The predicted octanol–water partition coefficient (Wildman–Crippen LogP) is 3.12.